The number of anilines is 1. The second kappa shape index (κ2) is 5.26. The molecular formula is C16H17N5O3. The van der Waals surface area contributed by atoms with Gasteiger partial charge in [-0.2, -0.15) is 10.2 Å². The van der Waals surface area contributed by atoms with Gasteiger partial charge in [0, 0.05) is 18.8 Å². The minimum atomic E-state index is -0.456. The molecule has 1 N–H and O–H groups in total. The molecule has 2 aromatic heterocycles. The second-order valence-electron chi connectivity index (χ2n) is 5.79. The lowest BCUT2D eigenvalue weighted by Crippen LogP contribution is -2.24. The summed E-state index contributed by atoms with van der Waals surface area (Å²) in [4.78, 5) is 12.5. The summed E-state index contributed by atoms with van der Waals surface area (Å²) in [6.07, 6.45) is 1.83. The molecule has 0 radical (unpaired) electrons. The molecule has 1 aromatic carbocycles. The molecule has 0 saturated heterocycles. The largest absolute Gasteiger partial charge is 0.454 e. The van der Waals surface area contributed by atoms with E-state index >= 15 is 0 Å². The summed E-state index contributed by atoms with van der Waals surface area (Å²) in [5, 5.41) is 11.7. The predicted octanol–water partition coefficient (Wildman–Crippen LogP) is 2.01. The van der Waals surface area contributed by atoms with Gasteiger partial charge in [-0.3, -0.25) is 14.2 Å². The smallest absolute Gasteiger partial charge is 0.248 e. The number of fused-ring (bicyclic) bond motifs is 2. The average molecular weight is 327 g/mol. The van der Waals surface area contributed by atoms with Crippen LogP contribution in [0.2, 0.25) is 0 Å². The van der Waals surface area contributed by atoms with Crippen LogP contribution in [0.3, 0.4) is 0 Å². The number of hydrogen-bond donors (Lipinski definition) is 1. The molecule has 4 rings (SSSR count). The first kappa shape index (κ1) is 14.6. The van der Waals surface area contributed by atoms with Gasteiger partial charge >= 0.3 is 0 Å². The van der Waals surface area contributed by atoms with Gasteiger partial charge in [0.05, 0.1) is 11.9 Å². The van der Waals surface area contributed by atoms with Crippen LogP contribution < -0.4 is 14.8 Å². The number of rotatable bonds is 3. The Morgan fingerprint density at radius 1 is 1.29 bits per heavy atom. The summed E-state index contributed by atoms with van der Waals surface area (Å²) >= 11 is 0. The van der Waals surface area contributed by atoms with E-state index in [9.17, 15) is 4.79 Å². The van der Waals surface area contributed by atoms with E-state index in [1.54, 1.807) is 34.5 Å². The van der Waals surface area contributed by atoms with Gasteiger partial charge in [-0.05, 0) is 26.0 Å². The highest BCUT2D eigenvalue weighted by Gasteiger charge is 2.20. The lowest BCUT2D eigenvalue weighted by molar-refractivity contribution is -0.119. The van der Waals surface area contributed by atoms with Crippen molar-refractivity contribution >= 4 is 22.6 Å². The van der Waals surface area contributed by atoms with E-state index in [1.807, 2.05) is 20.2 Å². The van der Waals surface area contributed by atoms with E-state index in [4.69, 9.17) is 9.47 Å². The molecule has 1 aliphatic heterocycles. The highest BCUT2D eigenvalue weighted by Crippen LogP contribution is 2.34. The van der Waals surface area contributed by atoms with Crippen LogP contribution in [0, 0.1) is 6.92 Å². The minimum absolute atomic E-state index is 0.160. The zero-order chi connectivity index (χ0) is 16.8. The highest BCUT2D eigenvalue weighted by atomic mass is 16.7. The summed E-state index contributed by atoms with van der Waals surface area (Å²) in [5.41, 5.74) is 3.20. The van der Waals surface area contributed by atoms with Crippen LogP contribution in [0.4, 0.5) is 5.69 Å². The molecule has 3 heterocycles. The fraction of sp³-hybridized carbons (Fsp3) is 0.312. The topological polar surface area (TPSA) is 83.2 Å². The first-order chi connectivity index (χ1) is 11.5. The molecule has 0 saturated carbocycles. The van der Waals surface area contributed by atoms with E-state index < -0.39 is 6.04 Å². The Balaban J connectivity index is 1.55. The van der Waals surface area contributed by atoms with Crippen molar-refractivity contribution in [2.45, 2.75) is 19.9 Å². The molecule has 1 aliphatic rings. The van der Waals surface area contributed by atoms with Crippen LogP contribution >= 0.6 is 0 Å². The molecule has 1 amide bonds. The van der Waals surface area contributed by atoms with E-state index in [0.717, 1.165) is 16.7 Å². The number of carbonyl (C=O) groups excluding carboxylic acids is 1. The zero-order valence-corrected chi connectivity index (χ0v) is 13.6. The number of benzene rings is 1. The standard InChI is InChI=1S/C16H17N5O3/c1-9-15-12(20(3)18-9)7-21(19-15)10(2)16(22)17-11-4-5-13-14(6-11)24-8-23-13/h4-7,10H,8H2,1-3H3,(H,17,22). The fourth-order valence-electron chi connectivity index (χ4n) is 2.74. The van der Waals surface area contributed by atoms with Crippen molar-refractivity contribution in [2.75, 3.05) is 12.1 Å². The maximum Gasteiger partial charge on any atom is 0.248 e. The third kappa shape index (κ3) is 2.27. The molecule has 8 nitrogen and oxygen atoms in total. The van der Waals surface area contributed by atoms with Crippen molar-refractivity contribution in [1.29, 1.82) is 0 Å². The second-order valence-corrected chi connectivity index (χ2v) is 5.79. The lowest BCUT2D eigenvalue weighted by Gasteiger charge is -2.13. The van der Waals surface area contributed by atoms with Crippen LogP contribution in [0.15, 0.2) is 24.4 Å². The molecule has 1 unspecified atom stereocenters. The van der Waals surface area contributed by atoms with Gasteiger partial charge in [0.15, 0.2) is 11.5 Å². The van der Waals surface area contributed by atoms with Crippen LogP contribution in [0.5, 0.6) is 11.5 Å². The van der Waals surface area contributed by atoms with Crippen molar-refractivity contribution in [3.05, 3.63) is 30.1 Å². The Bertz CT molecular complexity index is 908. The molecule has 0 fully saturated rings. The third-order valence-electron chi connectivity index (χ3n) is 4.12. The number of ether oxygens (including phenoxy) is 2. The molecule has 3 aromatic rings. The van der Waals surface area contributed by atoms with Gasteiger partial charge in [0.1, 0.15) is 17.1 Å². The number of aromatic nitrogens is 4. The van der Waals surface area contributed by atoms with Gasteiger partial charge in [0.25, 0.3) is 0 Å². The summed E-state index contributed by atoms with van der Waals surface area (Å²) in [6.45, 7) is 3.91. The van der Waals surface area contributed by atoms with E-state index in [-0.39, 0.29) is 12.7 Å². The molecule has 0 aliphatic carbocycles. The molecule has 124 valence electrons. The molecule has 1 atom stereocenters. The summed E-state index contributed by atoms with van der Waals surface area (Å²) in [6, 6.07) is 4.86. The quantitative estimate of drug-likeness (QED) is 0.795. The zero-order valence-electron chi connectivity index (χ0n) is 13.6. The molecule has 0 spiro atoms. The average Bonchev–Trinajstić information content (AvgIpc) is 3.24. The first-order valence-corrected chi connectivity index (χ1v) is 7.62. The van der Waals surface area contributed by atoms with Crippen LogP contribution in [0.1, 0.15) is 18.7 Å². The van der Waals surface area contributed by atoms with Crippen molar-refractivity contribution in [3.63, 3.8) is 0 Å². The van der Waals surface area contributed by atoms with Crippen LogP contribution in [0.25, 0.3) is 11.0 Å². The minimum Gasteiger partial charge on any atom is -0.454 e. The monoisotopic (exact) mass is 327 g/mol. The SMILES string of the molecule is Cc1nn(C)c2cn(C(C)C(=O)Nc3ccc4c(c3)OCO4)nc12. The van der Waals surface area contributed by atoms with Gasteiger partial charge in [0.2, 0.25) is 12.7 Å². The van der Waals surface area contributed by atoms with E-state index in [0.29, 0.717) is 17.2 Å². The predicted molar refractivity (Wildman–Crippen MR) is 87.1 cm³/mol. The van der Waals surface area contributed by atoms with E-state index in [2.05, 4.69) is 15.5 Å². The Morgan fingerprint density at radius 3 is 2.88 bits per heavy atom. The number of aryl methyl sites for hydroxylation is 2. The Labute approximate surface area is 138 Å². The highest BCUT2D eigenvalue weighted by molar-refractivity contribution is 5.94. The first-order valence-electron chi connectivity index (χ1n) is 7.62. The summed E-state index contributed by atoms with van der Waals surface area (Å²) in [5.74, 6) is 1.15. The summed E-state index contributed by atoms with van der Waals surface area (Å²) in [7, 11) is 1.86. The van der Waals surface area contributed by atoms with Crippen molar-refractivity contribution < 1.29 is 14.3 Å². The molecule has 8 heteroatoms. The van der Waals surface area contributed by atoms with Crippen molar-refractivity contribution in [2.24, 2.45) is 7.05 Å². The van der Waals surface area contributed by atoms with Crippen molar-refractivity contribution in [3.8, 4) is 11.5 Å². The van der Waals surface area contributed by atoms with E-state index in [1.165, 1.54) is 0 Å². The van der Waals surface area contributed by atoms with Gasteiger partial charge in [-0.15, -0.1) is 0 Å². The number of carbonyl (C=O) groups is 1. The van der Waals surface area contributed by atoms with Crippen LogP contribution in [-0.2, 0) is 11.8 Å². The van der Waals surface area contributed by atoms with Crippen molar-refractivity contribution in [1.82, 2.24) is 19.6 Å². The number of amides is 1. The normalized spacial score (nSPS) is 14.1. The number of nitrogens with zero attached hydrogens (tertiary/aromatic N) is 4. The van der Waals surface area contributed by atoms with Crippen LogP contribution in [-0.4, -0.2) is 32.3 Å². The maximum absolute atomic E-state index is 12.5. The van der Waals surface area contributed by atoms with Gasteiger partial charge in [-0.1, -0.05) is 0 Å². The lowest BCUT2D eigenvalue weighted by atomic mass is 10.2. The maximum atomic E-state index is 12.5. The summed E-state index contributed by atoms with van der Waals surface area (Å²) < 4.78 is 14.0. The Morgan fingerprint density at radius 2 is 2.08 bits per heavy atom. The Kier molecular flexibility index (Phi) is 3.19. The number of hydrogen-bond acceptors (Lipinski definition) is 5. The third-order valence-corrected chi connectivity index (χ3v) is 4.12. The molecular weight excluding hydrogens is 310 g/mol. The number of nitrogens with one attached hydrogen (secondary N) is 1. The Hall–Kier alpha value is -3.03. The molecule has 24 heavy (non-hydrogen) atoms. The molecule has 0 bridgehead atoms. The fourth-order valence-corrected chi connectivity index (χ4v) is 2.74. The van der Waals surface area contributed by atoms with Gasteiger partial charge in [-0.25, -0.2) is 0 Å². The van der Waals surface area contributed by atoms with Gasteiger partial charge < -0.3 is 14.8 Å².